The first kappa shape index (κ1) is 17.2. The first-order chi connectivity index (χ1) is 14.2. The third-order valence-corrected chi connectivity index (χ3v) is 5.04. The minimum atomic E-state index is -0.222. The van der Waals surface area contributed by atoms with Crippen LogP contribution in [0.4, 0.5) is 0 Å². The fraction of sp³-hybridized carbons (Fsp3) is 0.0870. The zero-order chi connectivity index (χ0) is 19.8. The highest BCUT2D eigenvalue weighted by atomic mass is 16.3. The van der Waals surface area contributed by atoms with E-state index in [1.54, 1.807) is 27.8 Å². The Labute approximate surface area is 166 Å². The summed E-state index contributed by atoms with van der Waals surface area (Å²) in [5.74, 6) is 1.01. The second-order valence-corrected chi connectivity index (χ2v) is 6.80. The Morgan fingerprint density at radius 2 is 1.66 bits per heavy atom. The Bertz CT molecular complexity index is 1320. The predicted molar refractivity (Wildman–Crippen MR) is 111 cm³/mol. The fourth-order valence-electron chi connectivity index (χ4n) is 3.56. The van der Waals surface area contributed by atoms with Crippen molar-refractivity contribution in [2.24, 2.45) is 0 Å². The molecule has 0 bridgehead atoms. The maximum absolute atomic E-state index is 13.5. The van der Waals surface area contributed by atoms with Crippen molar-refractivity contribution < 1.29 is 4.42 Å². The lowest BCUT2D eigenvalue weighted by atomic mass is 10.1. The summed E-state index contributed by atoms with van der Waals surface area (Å²) in [5, 5.41) is 4.90. The molecule has 5 aromatic rings. The second-order valence-electron chi connectivity index (χ2n) is 6.80. The van der Waals surface area contributed by atoms with Gasteiger partial charge >= 0.3 is 0 Å². The summed E-state index contributed by atoms with van der Waals surface area (Å²) in [5.41, 5.74) is 2.21. The van der Waals surface area contributed by atoms with Crippen molar-refractivity contribution in [1.29, 1.82) is 0 Å². The molecule has 0 fully saturated rings. The number of nitrogens with zero attached hydrogens (tertiary/aromatic N) is 4. The minimum absolute atomic E-state index is 0.153. The van der Waals surface area contributed by atoms with Crippen molar-refractivity contribution >= 4 is 11.0 Å². The van der Waals surface area contributed by atoms with Crippen molar-refractivity contribution in [1.82, 2.24) is 19.3 Å². The van der Waals surface area contributed by atoms with Gasteiger partial charge in [-0.25, -0.2) is 9.67 Å². The van der Waals surface area contributed by atoms with Gasteiger partial charge in [-0.2, -0.15) is 5.10 Å². The van der Waals surface area contributed by atoms with Gasteiger partial charge in [0.25, 0.3) is 5.56 Å². The van der Waals surface area contributed by atoms with E-state index >= 15 is 0 Å². The molecule has 0 saturated heterocycles. The van der Waals surface area contributed by atoms with Crippen molar-refractivity contribution in [3.05, 3.63) is 101 Å². The molecule has 2 aromatic carbocycles. The highest BCUT2D eigenvalue weighted by Gasteiger charge is 2.22. The number of aromatic nitrogens is 4. The largest absolute Gasteiger partial charge is 0.461 e. The van der Waals surface area contributed by atoms with Crippen LogP contribution in [0.2, 0.25) is 0 Å². The van der Waals surface area contributed by atoms with E-state index in [1.165, 1.54) is 0 Å². The number of furan rings is 1. The van der Waals surface area contributed by atoms with Crippen LogP contribution in [0.1, 0.15) is 18.5 Å². The van der Waals surface area contributed by atoms with Gasteiger partial charge in [0.2, 0.25) is 0 Å². The number of fused-ring (bicyclic) bond motifs is 1. The van der Waals surface area contributed by atoms with E-state index in [4.69, 9.17) is 9.40 Å². The first-order valence-corrected chi connectivity index (χ1v) is 9.38. The lowest BCUT2D eigenvalue weighted by Gasteiger charge is -2.19. The summed E-state index contributed by atoms with van der Waals surface area (Å²) in [6, 6.07) is 22.9. The molecule has 0 aliphatic carbocycles. The van der Waals surface area contributed by atoms with Crippen LogP contribution in [-0.2, 0) is 0 Å². The molecule has 0 aliphatic heterocycles. The monoisotopic (exact) mass is 382 g/mol. The van der Waals surface area contributed by atoms with Gasteiger partial charge in [-0.05, 0) is 36.8 Å². The van der Waals surface area contributed by atoms with Crippen LogP contribution >= 0.6 is 0 Å². The summed E-state index contributed by atoms with van der Waals surface area (Å²) >= 11 is 0. The molecular formula is C23H18N4O2. The Kier molecular flexibility index (Phi) is 4.09. The fourth-order valence-corrected chi connectivity index (χ4v) is 3.56. The van der Waals surface area contributed by atoms with E-state index in [1.807, 2.05) is 73.7 Å². The molecule has 0 aliphatic rings. The van der Waals surface area contributed by atoms with Crippen molar-refractivity contribution in [3.8, 4) is 17.3 Å². The molecule has 0 amide bonds. The molecule has 5 rings (SSSR count). The van der Waals surface area contributed by atoms with Crippen LogP contribution in [0.15, 0.2) is 94.5 Å². The van der Waals surface area contributed by atoms with E-state index in [2.05, 4.69) is 5.10 Å². The number of rotatable bonds is 4. The average Bonchev–Trinajstić information content (AvgIpc) is 3.45. The summed E-state index contributed by atoms with van der Waals surface area (Å²) in [6.07, 6.45) is 3.16. The third kappa shape index (κ3) is 2.86. The molecule has 0 unspecified atom stereocenters. The number of para-hydroxylation sites is 1. The number of hydrogen-bond donors (Lipinski definition) is 0. The molecule has 6 nitrogen and oxygen atoms in total. The van der Waals surface area contributed by atoms with E-state index in [9.17, 15) is 4.79 Å². The molecule has 0 N–H and O–H groups in total. The van der Waals surface area contributed by atoms with Crippen LogP contribution in [0, 0.1) is 0 Å². The Hall–Kier alpha value is -3.93. The average molecular weight is 382 g/mol. The van der Waals surface area contributed by atoms with Gasteiger partial charge in [0.05, 0.1) is 24.2 Å². The smallest absolute Gasteiger partial charge is 0.265 e. The predicted octanol–water partition coefficient (Wildman–Crippen LogP) is 4.45. The number of benzene rings is 2. The standard InChI is InChI=1S/C23H18N4O2/c1-16(17-9-4-2-5-10-17)26-22(20-13-8-14-29-20)25-21-19(23(26)28)15-24-27(21)18-11-6-3-7-12-18/h2-16H,1H3/t16-/m1/s1. The van der Waals surface area contributed by atoms with Gasteiger partial charge in [0.1, 0.15) is 5.39 Å². The summed E-state index contributed by atoms with van der Waals surface area (Å²) < 4.78 is 8.98. The molecule has 3 aromatic heterocycles. The first-order valence-electron chi connectivity index (χ1n) is 9.38. The maximum atomic E-state index is 13.5. The van der Waals surface area contributed by atoms with E-state index in [0.717, 1.165) is 11.3 Å². The minimum Gasteiger partial charge on any atom is -0.461 e. The lowest BCUT2D eigenvalue weighted by Crippen LogP contribution is -2.27. The Morgan fingerprint density at radius 1 is 0.931 bits per heavy atom. The highest BCUT2D eigenvalue weighted by molar-refractivity contribution is 5.77. The molecular weight excluding hydrogens is 364 g/mol. The van der Waals surface area contributed by atoms with Gasteiger partial charge < -0.3 is 4.42 Å². The quantitative estimate of drug-likeness (QED) is 0.461. The molecule has 0 radical (unpaired) electrons. The molecule has 0 saturated carbocycles. The van der Waals surface area contributed by atoms with Crippen LogP contribution in [-0.4, -0.2) is 19.3 Å². The van der Waals surface area contributed by atoms with Gasteiger partial charge in [-0.15, -0.1) is 0 Å². The normalized spacial score (nSPS) is 12.3. The van der Waals surface area contributed by atoms with Crippen molar-refractivity contribution in [2.75, 3.05) is 0 Å². The summed E-state index contributed by atoms with van der Waals surface area (Å²) in [4.78, 5) is 18.4. The lowest BCUT2D eigenvalue weighted by molar-refractivity contribution is 0.551. The van der Waals surface area contributed by atoms with E-state index < -0.39 is 0 Å². The molecule has 3 heterocycles. The van der Waals surface area contributed by atoms with Gasteiger partial charge in [-0.1, -0.05) is 48.5 Å². The Balaban J connectivity index is 1.80. The Morgan fingerprint density at radius 3 is 2.34 bits per heavy atom. The van der Waals surface area contributed by atoms with Crippen LogP contribution in [0.3, 0.4) is 0 Å². The van der Waals surface area contributed by atoms with Crippen LogP contribution in [0.25, 0.3) is 28.3 Å². The SMILES string of the molecule is C[C@H](c1ccccc1)n1c(-c2ccco2)nc2c(cnn2-c2ccccc2)c1=O. The second kappa shape index (κ2) is 6.91. The van der Waals surface area contributed by atoms with Crippen LogP contribution in [0.5, 0.6) is 0 Å². The van der Waals surface area contributed by atoms with Crippen molar-refractivity contribution in [3.63, 3.8) is 0 Å². The molecule has 1 atom stereocenters. The van der Waals surface area contributed by atoms with Crippen LogP contribution < -0.4 is 5.56 Å². The third-order valence-electron chi connectivity index (χ3n) is 5.04. The topological polar surface area (TPSA) is 65.8 Å². The van der Waals surface area contributed by atoms with E-state index in [0.29, 0.717) is 22.6 Å². The number of hydrogen-bond acceptors (Lipinski definition) is 4. The molecule has 142 valence electrons. The van der Waals surface area contributed by atoms with Gasteiger partial charge in [0.15, 0.2) is 17.2 Å². The van der Waals surface area contributed by atoms with Gasteiger partial charge in [-0.3, -0.25) is 9.36 Å². The highest BCUT2D eigenvalue weighted by Crippen LogP contribution is 2.26. The maximum Gasteiger partial charge on any atom is 0.265 e. The molecule has 6 heteroatoms. The van der Waals surface area contributed by atoms with E-state index in [-0.39, 0.29) is 11.6 Å². The van der Waals surface area contributed by atoms with Gasteiger partial charge in [0, 0.05) is 0 Å². The van der Waals surface area contributed by atoms with Crippen molar-refractivity contribution in [2.45, 2.75) is 13.0 Å². The summed E-state index contributed by atoms with van der Waals surface area (Å²) in [7, 11) is 0. The zero-order valence-corrected chi connectivity index (χ0v) is 15.8. The zero-order valence-electron chi connectivity index (χ0n) is 15.8. The molecule has 0 spiro atoms. The summed E-state index contributed by atoms with van der Waals surface area (Å²) in [6.45, 7) is 1.98. The molecule has 29 heavy (non-hydrogen) atoms.